The molecule has 0 saturated carbocycles. The highest BCUT2D eigenvalue weighted by molar-refractivity contribution is 8.22. The Morgan fingerprint density at radius 2 is 2.40 bits per heavy atom. The fourth-order valence-corrected chi connectivity index (χ4v) is 1.88. The highest BCUT2D eigenvalue weighted by Crippen LogP contribution is 2.13. The standard InChI is InChI=1S/C7H13NS2/c1-10-7(9)6-4-2-3-5-8-6/h6,8H,2-5H2,1H3. The maximum absolute atomic E-state index is 5.18. The molecule has 0 aromatic carbocycles. The Hall–Kier alpha value is 0.400. The summed E-state index contributed by atoms with van der Waals surface area (Å²) in [5.74, 6) is 0. The third kappa shape index (κ3) is 2.22. The van der Waals surface area contributed by atoms with E-state index in [0.717, 1.165) is 10.7 Å². The van der Waals surface area contributed by atoms with Gasteiger partial charge < -0.3 is 5.32 Å². The van der Waals surface area contributed by atoms with Crippen molar-refractivity contribution in [2.45, 2.75) is 25.3 Å². The average molecular weight is 175 g/mol. The van der Waals surface area contributed by atoms with E-state index in [4.69, 9.17) is 12.2 Å². The zero-order valence-electron chi connectivity index (χ0n) is 6.22. The van der Waals surface area contributed by atoms with Crippen LogP contribution in [0.5, 0.6) is 0 Å². The molecule has 58 valence electrons. The van der Waals surface area contributed by atoms with Crippen molar-refractivity contribution in [3.8, 4) is 0 Å². The Morgan fingerprint density at radius 3 is 2.90 bits per heavy atom. The Balaban J connectivity index is 2.31. The van der Waals surface area contributed by atoms with Crippen molar-refractivity contribution < 1.29 is 0 Å². The number of thiocarbonyl (C=S) groups is 1. The first kappa shape index (κ1) is 8.50. The largest absolute Gasteiger partial charge is 0.309 e. The summed E-state index contributed by atoms with van der Waals surface area (Å²) in [6, 6.07) is 0.513. The molecule has 1 heterocycles. The first-order valence-corrected chi connectivity index (χ1v) is 5.29. The number of rotatable bonds is 1. The summed E-state index contributed by atoms with van der Waals surface area (Å²) in [6.45, 7) is 1.14. The van der Waals surface area contributed by atoms with E-state index in [0.29, 0.717) is 6.04 Å². The molecule has 0 aliphatic carbocycles. The van der Waals surface area contributed by atoms with Gasteiger partial charge in [0.2, 0.25) is 0 Å². The lowest BCUT2D eigenvalue weighted by atomic mass is 10.1. The van der Waals surface area contributed by atoms with Crippen molar-refractivity contribution in [2.24, 2.45) is 0 Å². The minimum Gasteiger partial charge on any atom is -0.309 e. The molecule has 10 heavy (non-hydrogen) atoms. The second-order valence-corrected chi connectivity index (χ2v) is 4.07. The molecule has 1 unspecified atom stereocenters. The van der Waals surface area contributed by atoms with Gasteiger partial charge in [-0.2, -0.15) is 0 Å². The van der Waals surface area contributed by atoms with Gasteiger partial charge >= 0.3 is 0 Å². The average Bonchev–Trinajstić information content (AvgIpc) is 2.05. The third-order valence-corrected chi connectivity index (χ3v) is 3.27. The van der Waals surface area contributed by atoms with E-state index in [2.05, 4.69) is 11.6 Å². The van der Waals surface area contributed by atoms with Crippen LogP contribution in [0, 0.1) is 0 Å². The van der Waals surface area contributed by atoms with E-state index < -0.39 is 0 Å². The first-order chi connectivity index (χ1) is 4.84. The predicted molar refractivity (Wildman–Crippen MR) is 51.8 cm³/mol. The molecule has 0 amide bonds. The molecular weight excluding hydrogens is 162 g/mol. The van der Waals surface area contributed by atoms with Gasteiger partial charge in [0.15, 0.2) is 0 Å². The normalized spacial score (nSPS) is 26.3. The minimum absolute atomic E-state index is 0.513. The van der Waals surface area contributed by atoms with Gasteiger partial charge in [0.25, 0.3) is 0 Å². The van der Waals surface area contributed by atoms with Crippen molar-refractivity contribution in [2.75, 3.05) is 12.8 Å². The van der Waals surface area contributed by atoms with Crippen molar-refractivity contribution in [3.05, 3.63) is 0 Å². The zero-order chi connectivity index (χ0) is 7.40. The number of nitrogens with one attached hydrogen (secondary N) is 1. The Labute approximate surface area is 72.0 Å². The maximum atomic E-state index is 5.18. The van der Waals surface area contributed by atoms with Crippen LogP contribution in [0.4, 0.5) is 0 Å². The van der Waals surface area contributed by atoms with Crippen LogP contribution >= 0.6 is 24.0 Å². The predicted octanol–water partition coefficient (Wildman–Crippen LogP) is 1.82. The van der Waals surface area contributed by atoms with E-state index in [1.54, 1.807) is 11.8 Å². The summed E-state index contributed by atoms with van der Waals surface area (Å²) in [7, 11) is 0. The minimum atomic E-state index is 0.513. The zero-order valence-corrected chi connectivity index (χ0v) is 7.86. The summed E-state index contributed by atoms with van der Waals surface area (Å²) in [4.78, 5) is 0. The quantitative estimate of drug-likeness (QED) is 0.611. The molecule has 0 radical (unpaired) electrons. The van der Waals surface area contributed by atoms with Crippen LogP contribution in [-0.2, 0) is 0 Å². The van der Waals surface area contributed by atoms with E-state index in [1.165, 1.54) is 19.3 Å². The second kappa shape index (κ2) is 4.31. The molecular formula is C7H13NS2. The fourth-order valence-electron chi connectivity index (χ4n) is 1.20. The summed E-state index contributed by atoms with van der Waals surface area (Å²) >= 11 is 6.88. The van der Waals surface area contributed by atoms with Gasteiger partial charge in [0.1, 0.15) is 0 Å². The second-order valence-electron chi connectivity index (χ2n) is 2.53. The Morgan fingerprint density at radius 1 is 1.60 bits per heavy atom. The molecule has 1 N–H and O–H groups in total. The first-order valence-electron chi connectivity index (χ1n) is 3.66. The van der Waals surface area contributed by atoms with E-state index >= 15 is 0 Å². The summed E-state index contributed by atoms with van der Waals surface area (Å²) < 4.78 is 1.12. The highest BCUT2D eigenvalue weighted by Gasteiger charge is 2.15. The molecule has 0 aromatic rings. The van der Waals surface area contributed by atoms with Crippen LogP contribution in [0.1, 0.15) is 19.3 Å². The topological polar surface area (TPSA) is 12.0 Å². The number of piperidine rings is 1. The Bertz CT molecular complexity index is 119. The molecule has 0 bridgehead atoms. The van der Waals surface area contributed by atoms with Crippen LogP contribution in [0.3, 0.4) is 0 Å². The maximum Gasteiger partial charge on any atom is 0.0645 e. The molecule has 3 heteroatoms. The third-order valence-electron chi connectivity index (χ3n) is 1.80. The van der Waals surface area contributed by atoms with Gasteiger partial charge in [0, 0.05) is 6.04 Å². The van der Waals surface area contributed by atoms with Gasteiger partial charge in [0.05, 0.1) is 4.20 Å². The van der Waals surface area contributed by atoms with Gasteiger partial charge in [-0.05, 0) is 25.6 Å². The molecule has 0 aromatic heterocycles. The molecule has 0 spiro atoms. The van der Waals surface area contributed by atoms with Crippen molar-refractivity contribution in [1.82, 2.24) is 5.32 Å². The molecule has 1 nitrogen and oxygen atoms in total. The van der Waals surface area contributed by atoms with Crippen molar-refractivity contribution in [1.29, 1.82) is 0 Å². The monoisotopic (exact) mass is 175 g/mol. The summed E-state index contributed by atoms with van der Waals surface area (Å²) in [5, 5.41) is 3.41. The SMILES string of the molecule is CSC(=S)C1CCCCN1. The summed E-state index contributed by atoms with van der Waals surface area (Å²) in [5.41, 5.74) is 0. The summed E-state index contributed by atoms with van der Waals surface area (Å²) in [6.07, 6.45) is 5.93. The van der Waals surface area contributed by atoms with Crippen LogP contribution in [0.2, 0.25) is 0 Å². The molecule has 1 fully saturated rings. The lowest BCUT2D eigenvalue weighted by molar-refractivity contribution is 0.477. The van der Waals surface area contributed by atoms with E-state index in [1.807, 2.05) is 0 Å². The smallest absolute Gasteiger partial charge is 0.0645 e. The Kier molecular flexibility index (Phi) is 3.66. The van der Waals surface area contributed by atoms with Gasteiger partial charge in [-0.25, -0.2) is 0 Å². The number of hydrogen-bond acceptors (Lipinski definition) is 3. The molecule has 1 saturated heterocycles. The van der Waals surface area contributed by atoms with Gasteiger partial charge in [-0.15, -0.1) is 11.8 Å². The van der Waals surface area contributed by atoms with Crippen LogP contribution in [0.25, 0.3) is 0 Å². The van der Waals surface area contributed by atoms with Crippen LogP contribution in [-0.4, -0.2) is 23.0 Å². The number of hydrogen-bond donors (Lipinski definition) is 1. The van der Waals surface area contributed by atoms with Crippen LogP contribution in [0.15, 0.2) is 0 Å². The molecule has 1 rings (SSSR count). The lowest BCUT2D eigenvalue weighted by Gasteiger charge is -2.22. The van der Waals surface area contributed by atoms with E-state index in [9.17, 15) is 0 Å². The number of thioether (sulfide) groups is 1. The molecule has 1 aliphatic heterocycles. The van der Waals surface area contributed by atoms with Crippen LogP contribution < -0.4 is 5.32 Å². The van der Waals surface area contributed by atoms with E-state index in [-0.39, 0.29) is 0 Å². The van der Waals surface area contributed by atoms with Gasteiger partial charge in [-0.1, -0.05) is 18.6 Å². The highest BCUT2D eigenvalue weighted by atomic mass is 32.2. The molecule has 1 aliphatic rings. The fraction of sp³-hybridized carbons (Fsp3) is 0.857. The molecule has 1 atom stereocenters. The van der Waals surface area contributed by atoms with Crippen molar-refractivity contribution >= 4 is 28.2 Å². The lowest BCUT2D eigenvalue weighted by Crippen LogP contribution is -2.38. The van der Waals surface area contributed by atoms with Crippen molar-refractivity contribution in [3.63, 3.8) is 0 Å². The van der Waals surface area contributed by atoms with Gasteiger partial charge in [-0.3, -0.25) is 0 Å².